The monoisotopic (exact) mass is 504 g/mol. The third-order valence-corrected chi connectivity index (χ3v) is 4.72. The van der Waals surface area contributed by atoms with E-state index in [9.17, 15) is 19.8 Å². The average Bonchev–Trinajstić information content (AvgIpc) is 2.69. The Labute approximate surface area is 197 Å². The molecule has 0 heterocycles. The average molecular weight is 506 g/mol. The molecule has 0 radical (unpaired) electrons. The number of carbonyl (C=O) groups excluding carboxylic acids is 2. The van der Waals surface area contributed by atoms with Crippen molar-refractivity contribution < 1.29 is 19.8 Å². The van der Waals surface area contributed by atoms with Crippen LogP contribution in [0, 0.1) is 0 Å². The van der Waals surface area contributed by atoms with Crippen LogP contribution in [0.5, 0.6) is 11.5 Å². The SMILES string of the molecule is O=C(CCCC(=O)NN=Cc1cc(Cl)cc(Cl)c1O)NN=Cc1cc(Cl)cc(Cl)c1O. The van der Waals surface area contributed by atoms with Crippen LogP contribution in [0.4, 0.5) is 0 Å². The molecular weight excluding hydrogens is 490 g/mol. The minimum Gasteiger partial charge on any atom is -0.506 e. The molecule has 0 aliphatic carbocycles. The number of rotatable bonds is 8. The van der Waals surface area contributed by atoms with Crippen molar-refractivity contribution in [1.29, 1.82) is 0 Å². The third-order valence-electron chi connectivity index (χ3n) is 3.71. The van der Waals surface area contributed by atoms with Gasteiger partial charge in [-0.15, -0.1) is 0 Å². The second-order valence-electron chi connectivity index (χ2n) is 6.09. The van der Waals surface area contributed by atoms with Gasteiger partial charge in [0.2, 0.25) is 11.8 Å². The number of hydrazone groups is 2. The van der Waals surface area contributed by atoms with Crippen molar-refractivity contribution >= 4 is 70.6 Å². The number of phenolic OH excluding ortho intramolecular Hbond substituents is 2. The van der Waals surface area contributed by atoms with Gasteiger partial charge in [-0.2, -0.15) is 10.2 Å². The minimum atomic E-state index is -0.432. The molecule has 0 atom stereocenters. The lowest BCUT2D eigenvalue weighted by Crippen LogP contribution is -2.20. The van der Waals surface area contributed by atoms with Gasteiger partial charge in [-0.3, -0.25) is 9.59 Å². The van der Waals surface area contributed by atoms with Crippen molar-refractivity contribution in [2.45, 2.75) is 19.3 Å². The maximum atomic E-state index is 11.8. The summed E-state index contributed by atoms with van der Waals surface area (Å²) >= 11 is 23.3. The van der Waals surface area contributed by atoms with E-state index in [0.29, 0.717) is 10.0 Å². The molecule has 164 valence electrons. The van der Waals surface area contributed by atoms with Gasteiger partial charge in [0.15, 0.2) is 0 Å². The summed E-state index contributed by atoms with van der Waals surface area (Å²) in [5.74, 6) is -1.29. The summed E-state index contributed by atoms with van der Waals surface area (Å²) in [4.78, 5) is 23.6. The molecule has 0 unspecified atom stereocenters. The lowest BCUT2D eigenvalue weighted by Gasteiger charge is -2.03. The number of aromatic hydroxyl groups is 2. The Morgan fingerprint density at radius 3 is 1.55 bits per heavy atom. The molecule has 2 aromatic rings. The summed E-state index contributed by atoms with van der Waals surface area (Å²) in [5.41, 5.74) is 5.02. The molecule has 0 aliphatic heterocycles. The topological polar surface area (TPSA) is 123 Å². The number of halogens is 4. The van der Waals surface area contributed by atoms with Gasteiger partial charge in [0.05, 0.1) is 22.5 Å². The molecule has 0 saturated carbocycles. The van der Waals surface area contributed by atoms with Crippen LogP contribution < -0.4 is 10.9 Å². The van der Waals surface area contributed by atoms with E-state index in [2.05, 4.69) is 21.1 Å². The van der Waals surface area contributed by atoms with E-state index >= 15 is 0 Å². The zero-order chi connectivity index (χ0) is 23.0. The van der Waals surface area contributed by atoms with E-state index in [0.717, 1.165) is 0 Å². The number of nitrogens with one attached hydrogen (secondary N) is 2. The van der Waals surface area contributed by atoms with E-state index < -0.39 is 11.8 Å². The van der Waals surface area contributed by atoms with Crippen molar-refractivity contribution in [2.75, 3.05) is 0 Å². The zero-order valence-corrected chi connectivity index (χ0v) is 18.7. The lowest BCUT2D eigenvalue weighted by molar-refractivity contribution is -0.122. The number of phenols is 2. The number of hydrogen-bond acceptors (Lipinski definition) is 6. The van der Waals surface area contributed by atoms with Crippen LogP contribution in [0.1, 0.15) is 30.4 Å². The van der Waals surface area contributed by atoms with Crippen LogP contribution in [0.3, 0.4) is 0 Å². The van der Waals surface area contributed by atoms with Crippen LogP contribution in [-0.2, 0) is 9.59 Å². The van der Waals surface area contributed by atoms with Crippen LogP contribution >= 0.6 is 46.4 Å². The number of amides is 2. The van der Waals surface area contributed by atoms with Gasteiger partial charge >= 0.3 is 0 Å². The Kier molecular flexibility index (Phi) is 9.39. The fourth-order valence-electron chi connectivity index (χ4n) is 2.24. The summed E-state index contributed by atoms with van der Waals surface area (Å²) < 4.78 is 0. The largest absolute Gasteiger partial charge is 0.506 e. The summed E-state index contributed by atoms with van der Waals surface area (Å²) in [6.45, 7) is 0. The number of hydrogen-bond donors (Lipinski definition) is 4. The molecular formula is C19H16Cl4N4O4. The summed E-state index contributed by atoms with van der Waals surface area (Å²) in [7, 11) is 0. The predicted molar refractivity (Wildman–Crippen MR) is 122 cm³/mol. The van der Waals surface area contributed by atoms with E-state index in [1.807, 2.05) is 0 Å². The molecule has 0 fully saturated rings. The van der Waals surface area contributed by atoms with E-state index in [1.54, 1.807) is 0 Å². The molecule has 2 rings (SSSR count). The van der Waals surface area contributed by atoms with Crippen molar-refractivity contribution in [1.82, 2.24) is 10.9 Å². The van der Waals surface area contributed by atoms with Crippen molar-refractivity contribution in [3.05, 3.63) is 55.5 Å². The first-order chi connectivity index (χ1) is 14.7. The fourth-order valence-corrected chi connectivity index (χ4v) is 3.26. The van der Waals surface area contributed by atoms with Crippen LogP contribution in [-0.4, -0.2) is 34.5 Å². The van der Waals surface area contributed by atoms with Gasteiger partial charge in [-0.25, -0.2) is 10.9 Å². The number of nitrogens with zero attached hydrogens (tertiary/aromatic N) is 2. The normalized spacial score (nSPS) is 11.2. The highest BCUT2D eigenvalue weighted by Gasteiger charge is 2.08. The first-order valence-electron chi connectivity index (χ1n) is 8.67. The van der Waals surface area contributed by atoms with Gasteiger partial charge in [0.25, 0.3) is 0 Å². The molecule has 0 aliphatic rings. The van der Waals surface area contributed by atoms with Gasteiger partial charge in [-0.1, -0.05) is 46.4 Å². The molecule has 0 saturated heterocycles. The molecule has 0 aromatic heterocycles. The van der Waals surface area contributed by atoms with Crippen molar-refractivity contribution in [3.63, 3.8) is 0 Å². The minimum absolute atomic E-state index is 0.0292. The fraction of sp³-hybridized carbons (Fsp3) is 0.158. The molecule has 12 heteroatoms. The van der Waals surface area contributed by atoms with Crippen LogP contribution in [0.25, 0.3) is 0 Å². The van der Waals surface area contributed by atoms with Gasteiger partial charge in [0.1, 0.15) is 11.5 Å². The molecule has 31 heavy (non-hydrogen) atoms. The van der Waals surface area contributed by atoms with Gasteiger partial charge in [0, 0.05) is 34.0 Å². The van der Waals surface area contributed by atoms with Crippen LogP contribution in [0.15, 0.2) is 34.5 Å². The maximum absolute atomic E-state index is 11.8. The predicted octanol–water partition coefficient (Wildman–Crippen LogP) is 4.48. The Balaban J connectivity index is 1.74. The summed E-state index contributed by atoms with van der Waals surface area (Å²) in [6.07, 6.45) is 2.70. The lowest BCUT2D eigenvalue weighted by atomic mass is 10.2. The second-order valence-corrected chi connectivity index (χ2v) is 7.78. The Morgan fingerprint density at radius 2 is 1.16 bits per heavy atom. The summed E-state index contributed by atoms with van der Waals surface area (Å²) in [5, 5.41) is 27.8. The van der Waals surface area contributed by atoms with Gasteiger partial charge < -0.3 is 10.2 Å². The molecule has 2 aromatic carbocycles. The summed E-state index contributed by atoms with van der Waals surface area (Å²) in [6, 6.07) is 5.60. The van der Waals surface area contributed by atoms with Gasteiger partial charge in [-0.05, 0) is 30.7 Å². The van der Waals surface area contributed by atoms with E-state index in [1.165, 1.54) is 36.7 Å². The first-order valence-corrected chi connectivity index (χ1v) is 10.2. The molecule has 2 amide bonds. The highest BCUT2D eigenvalue weighted by Crippen LogP contribution is 2.30. The maximum Gasteiger partial charge on any atom is 0.240 e. The molecule has 4 N–H and O–H groups in total. The highest BCUT2D eigenvalue weighted by atomic mass is 35.5. The van der Waals surface area contributed by atoms with E-state index in [-0.39, 0.29) is 51.9 Å². The smallest absolute Gasteiger partial charge is 0.240 e. The first kappa shape index (κ1) is 24.7. The second kappa shape index (κ2) is 11.8. The standard InChI is InChI=1S/C19H16Cl4N4O4/c20-12-4-10(18(30)14(22)6-12)8-24-26-16(28)2-1-3-17(29)27-25-9-11-5-13(21)7-15(23)19(11)31/h4-9,30-31H,1-3H2,(H,26,28)(H,27,29). The molecule has 8 nitrogen and oxygen atoms in total. The quantitative estimate of drug-likeness (QED) is 0.312. The number of carbonyl (C=O) groups is 2. The number of benzene rings is 2. The Morgan fingerprint density at radius 1 is 0.774 bits per heavy atom. The van der Waals surface area contributed by atoms with E-state index in [4.69, 9.17) is 46.4 Å². The Hall–Kier alpha value is -2.52. The third kappa shape index (κ3) is 7.91. The molecule has 0 spiro atoms. The highest BCUT2D eigenvalue weighted by molar-refractivity contribution is 6.36. The Bertz CT molecular complexity index is 963. The van der Waals surface area contributed by atoms with Crippen LogP contribution in [0.2, 0.25) is 20.1 Å². The van der Waals surface area contributed by atoms with Crippen molar-refractivity contribution in [3.8, 4) is 11.5 Å². The van der Waals surface area contributed by atoms with Crippen molar-refractivity contribution in [2.24, 2.45) is 10.2 Å². The zero-order valence-electron chi connectivity index (χ0n) is 15.7. The molecule has 0 bridgehead atoms.